The number of benzene rings is 3. The van der Waals surface area contributed by atoms with Gasteiger partial charge < -0.3 is 0 Å². The second kappa shape index (κ2) is 10.4. The second-order valence-corrected chi connectivity index (χ2v) is 12.5. The third-order valence-electron chi connectivity index (χ3n) is 4.60. The maximum Gasteiger partial charge on any atom is 0.248 e. The van der Waals surface area contributed by atoms with E-state index in [2.05, 4.69) is 0 Å². The summed E-state index contributed by atoms with van der Waals surface area (Å²) in [5, 5.41) is 1.17. The maximum absolute atomic E-state index is 13.3. The molecule has 0 aliphatic carbocycles. The van der Waals surface area contributed by atoms with Gasteiger partial charge in [0.2, 0.25) is 20.0 Å². The minimum absolute atomic E-state index is 0.0327. The van der Waals surface area contributed by atoms with Gasteiger partial charge in [0.15, 0.2) is 0 Å². The smallest absolute Gasteiger partial charge is 0.205 e. The summed E-state index contributed by atoms with van der Waals surface area (Å²) < 4.78 is 53.5. The molecule has 5 nitrogen and oxygen atoms in total. The Morgan fingerprint density at radius 2 is 1.00 bits per heavy atom. The number of rotatable bonds is 9. The highest BCUT2D eigenvalue weighted by molar-refractivity contribution is 8.10. The molecule has 0 amide bonds. The van der Waals surface area contributed by atoms with Crippen LogP contribution in [0.5, 0.6) is 0 Å². The molecule has 0 bridgehead atoms. The van der Waals surface area contributed by atoms with Gasteiger partial charge in [0.1, 0.15) is 0 Å². The largest absolute Gasteiger partial charge is 0.248 e. The molecule has 0 aliphatic heterocycles. The number of anilines is 1. The molecule has 10 heteroatoms. The monoisotopic (exact) mass is 531 g/mol. The molecule has 3 aromatic carbocycles. The molecule has 0 unspecified atom stereocenters. The van der Waals surface area contributed by atoms with Gasteiger partial charge in [-0.2, -0.15) is 3.71 Å². The van der Waals surface area contributed by atoms with Crippen LogP contribution in [-0.4, -0.2) is 28.3 Å². The predicted molar refractivity (Wildman–Crippen MR) is 132 cm³/mol. The Morgan fingerprint density at radius 1 is 0.594 bits per heavy atom. The van der Waals surface area contributed by atoms with Gasteiger partial charge >= 0.3 is 0 Å². The van der Waals surface area contributed by atoms with E-state index in [-0.39, 0.29) is 23.6 Å². The summed E-state index contributed by atoms with van der Waals surface area (Å²) in [6.45, 7) is 0. The minimum Gasteiger partial charge on any atom is -0.205 e. The van der Waals surface area contributed by atoms with E-state index < -0.39 is 31.6 Å². The highest BCUT2D eigenvalue weighted by Crippen LogP contribution is 2.27. The lowest BCUT2D eigenvalue weighted by molar-refractivity contribution is 0.583. The molecule has 0 atom stereocenters. The highest BCUT2D eigenvalue weighted by Gasteiger charge is 2.34. The number of nitrogens with zero attached hydrogens (tertiary/aromatic N) is 1. The summed E-state index contributed by atoms with van der Waals surface area (Å²) in [6.07, 6.45) is 0.202. The summed E-state index contributed by atoms with van der Waals surface area (Å²) in [6, 6.07) is 19.3. The number of hydrogen-bond acceptors (Lipinski definition) is 4. The van der Waals surface area contributed by atoms with Crippen molar-refractivity contribution in [2.24, 2.45) is 0 Å². The van der Waals surface area contributed by atoms with Crippen LogP contribution in [0.1, 0.15) is 11.1 Å². The summed E-state index contributed by atoms with van der Waals surface area (Å²) in [5.41, 5.74) is 1.33. The maximum atomic E-state index is 13.3. The van der Waals surface area contributed by atoms with Gasteiger partial charge in [-0.3, -0.25) is 0 Å². The van der Waals surface area contributed by atoms with E-state index in [1.807, 2.05) is 0 Å². The Bertz CT molecular complexity index is 1230. The van der Waals surface area contributed by atoms with Gasteiger partial charge in [0, 0.05) is 15.1 Å². The van der Waals surface area contributed by atoms with Gasteiger partial charge in [-0.25, -0.2) is 16.8 Å². The predicted octanol–water partition coefficient (Wildman–Crippen LogP) is 5.60. The molecule has 0 saturated heterocycles. The fourth-order valence-electron chi connectivity index (χ4n) is 3.13. The van der Waals surface area contributed by atoms with Crippen molar-refractivity contribution in [3.05, 3.63) is 99.0 Å². The fourth-order valence-corrected chi connectivity index (χ4v) is 7.76. The number of sulfonamides is 2. The summed E-state index contributed by atoms with van der Waals surface area (Å²) in [7, 11) is -8.51. The molecule has 0 spiro atoms. The summed E-state index contributed by atoms with van der Waals surface area (Å²) >= 11 is 18.0. The van der Waals surface area contributed by atoms with Crippen LogP contribution in [0.4, 0.5) is 5.69 Å². The van der Waals surface area contributed by atoms with Gasteiger partial charge in [-0.1, -0.05) is 65.1 Å². The van der Waals surface area contributed by atoms with Crippen molar-refractivity contribution >= 4 is 60.5 Å². The Hall–Kier alpha value is -1.77. The van der Waals surface area contributed by atoms with Crippen LogP contribution >= 0.6 is 34.8 Å². The van der Waals surface area contributed by atoms with Gasteiger partial charge in [-0.05, 0) is 66.4 Å². The molecular formula is C22H20Cl3NO4S2. The molecule has 3 rings (SSSR count). The third-order valence-corrected chi connectivity index (χ3v) is 9.54. The lowest BCUT2D eigenvalue weighted by Gasteiger charge is -2.24. The molecule has 0 aliphatic rings. The summed E-state index contributed by atoms with van der Waals surface area (Å²) in [4.78, 5) is 0. The van der Waals surface area contributed by atoms with Crippen molar-refractivity contribution in [1.29, 1.82) is 0 Å². The van der Waals surface area contributed by atoms with E-state index in [1.165, 1.54) is 18.2 Å². The molecule has 0 aromatic heterocycles. The van der Waals surface area contributed by atoms with E-state index in [4.69, 9.17) is 34.8 Å². The molecule has 0 radical (unpaired) electrons. The molecule has 0 N–H and O–H groups in total. The first-order valence-corrected chi connectivity index (χ1v) is 13.9. The molecule has 0 heterocycles. The first-order valence-electron chi connectivity index (χ1n) is 9.57. The minimum atomic E-state index is -4.26. The number of hydrogen-bond donors (Lipinski definition) is 0. The van der Waals surface area contributed by atoms with Crippen molar-refractivity contribution in [1.82, 2.24) is 0 Å². The number of halogens is 3. The topological polar surface area (TPSA) is 71.5 Å². The van der Waals surface area contributed by atoms with E-state index in [1.54, 1.807) is 54.6 Å². The molecule has 170 valence electrons. The van der Waals surface area contributed by atoms with Crippen LogP contribution in [0.25, 0.3) is 0 Å². The van der Waals surface area contributed by atoms with E-state index in [0.717, 1.165) is 0 Å². The molecule has 0 saturated carbocycles. The van der Waals surface area contributed by atoms with Crippen molar-refractivity contribution in [2.45, 2.75) is 12.8 Å². The summed E-state index contributed by atoms with van der Waals surface area (Å²) in [5.74, 6) is -0.841. The van der Waals surface area contributed by atoms with Crippen LogP contribution < -0.4 is 3.71 Å². The van der Waals surface area contributed by atoms with Gasteiger partial charge in [-0.15, -0.1) is 0 Å². The normalized spacial score (nSPS) is 12.0. The molecule has 32 heavy (non-hydrogen) atoms. The average Bonchev–Trinajstić information content (AvgIpc) is 2.71. The average molecular weight is 533 g/mol. The lowest BCUT2D eigenvalue weighted by atomic mass is 10.2. The van der Waals surface area contributed by atoms with Crippen LogP contribution in [0.15, 0.2) is 72.8 Å². The van der Waals surface area contributed by atoms with Crippen LogP contribution in [0, 0.1) is 0 Å². The van der Waals surface area contributed by atoms with E-state index in [0.29, 0.717) is 24.9 Å². The first-order chi connectivity index (χ1) is 15.1. The quantitative estimate of drug-likeness (QED) is 0.360. The van der Waals surface area contributed by atoms with E-state index in [9.17, 15) is 16.8 Å². The molecule has 3 aromatic rings. The van der Waals surface area contributed by atoms with Crippen LogP contribution in [0.2, 0.25) is 15.1 Å². The van der Waals surface area contributed by atoms with Crippen LogP contribution in [-0.2, 0) is 32.9 Å². The zero-order valence-electron chi connectivity index (χ0n) is 16.8. The van der Waals surface area contributed by atoms with E-state index >= 15 is 0 Å². The van der Waals surface area contributed by atoms with Gasteiger partial charge in [0.05, 0.1) is 17.2 Å². The Balaban J connectivity index is 1.91. The first kappa shape index (κ1) is 24.9. The van der Waals surface area contributed by atoms with Gasteiger partial charge in [0.25, 0.3) is 0 Å². The third kappa shape index (κ3) is 6.62. The van der Waals surface area contributed by atoms with Crippen molar-refractivity contribution in [3.63, 3.8) is 0 Å². The lowest BCUT2D eigenvalue weighted by Crippen LogP contribution is -2.40. The van der Waals surface area contributed by atoms with Crippen LogP contribution in [0.3, 0.4) is 0 Å². The van der Waals surface area contributed by atoms with Crippen molar-refractivity contribution in [2.75, 3.05) is 15.2 Å². The zero-order chi connectivity index (χ0) is 23.4. The van der Waals surface area contributed by atoms with Crippen molar-refractivity contribution < 1.29 is 16.8 Å². The number of aryl methyl sites for hydroxylation is 2. The molecular weight excluding hydrogens is 513 g/mol. The SMILES string of the molecule is O=S(=O)(CCc1cccc(Cl)c1)N(c1cccc(Cl)c1)S(=O)(=O)CCc1cccc(Cl)c1. The highest BCUT2D eigenvalue weighted by atomic mass is 35.5. The zero-order valence-corrected chi connectivity index (χ0v) is 20.7. The molecule has 0 fully saturated rings. The Kier molecular flexibility index (Phi) is 8.11. The second-order valence-electron chi connectivity index (χ2n) is 7.07. The van der Waals surface area contributed by atoms with Crippen molar-refractivity contribution in [3.8, 4) is 0 Å². The fraction of sp³-hybridized carbons (Fsp3) is 0.182. The Morgan fingerprint density at radius 3 is 1.41 bits per heavy atom. The Labute approximate surface area is 203 Å². The standard InChI is InChI=1S/C22H20Cl3NO4S2/c23-19-6-1-4-17(14-19)10-12-31(27,28)26(22-9-3-8-21(25)16-22)32(29,30)13-11-18-5-2-7-20(24)15-18/h1-9,14-16H,10-13H2.